The van der Waals surface area contributed by atoms with Gasteiger partial charge in [0.05, 0.1) is 0 Å². The fourth-order valence-electron chi connectivity index (χ4n) is 7.70. The summed E-state index contributed by atoms with van der Waals surface area (Å²) in [5, 5.41) is 12.1. The van der Waals surface area contributed by atoms with Crippen molar-refractivity contribution in [3.63, 3.8) is 0 Å². The summed E-state index contributed by atoms with van der Waals surface area (Å²) in [5.41, 5.74) is 9.10. The van der Waals surface area contributed by atoms with Crippen LogP contribution in [0.2, 0.25) is 0 Å². The lowest BCUT2D eigenvalue weighted by Gasteiger charge is -2.20. The van der Waals surface area contributed by atoms with Crippen LogP contribution in [0.5, 0.6) is 0 Å². The van der Waals surface area contributed by atoms with Crippen molar-refractivity contribution in [2.24, 2.45) is 0 Å². The molecular formula is C46H28O. The van der Waals surface area contributed by atoms with Gasteiger partial charge in [0, 0.05) is 21.9 Å². The molecule has 0 saturated heterocycles. The van der Waals surface area contributed by atoms with Crippen LogP contribution in [0.1, 0.15) is 0 Å². The SMILES string of the molecule is c1ccc(-c2c3ccccc3c(-c3cccc4c3oc3cc5ccccc5cc34)c3ccccc23)c(-c2ccc3ccccc3c2)c1. The molecule has 0 aliphatic carbocycles. The maximum Gasteiger partial charge on any atom is 0.143 e. The minimum absolute atomic E-state index is 0.917. The van der Waals surface area contributed by atoms with Crippen LogP contribution in [0.3, 0.4) is 0 Å². The highest BCUT2D eigenvalue weighted by molar-refractivity contribution is 6.25. The lowest BCUT2D eigenvalue weighted by atomic mass is 9.83. The minimum atomic E-state index is 0.917. The van der Waals surface area contributed by atoms with Crippen LogP contribution in [0.15, 0.2) is 174 Å². The maximum absolute atomic E-state index is 6.77. The number of hydrogen-bond acceptors (Lipinski definition) is 1. The van der Waals surface area contributed by atoms with Crippen molar-refractivity contribution in [2.45, 2.75) is 0 Å². The Hall–Kier alpha value is -6.18. The van der Waals surface area contributed by atoms with Gasteiger partial charge in [0.25, 0.3) is 0 Å². The summed E-state index contributed by atoms with van der Waals surface area (Å²) in [5.74, 6) is 0. The van der Waals surface area contributed by atoms with Gasteiger partial charge in [-0.15, -0.1) is 0 Å². The maximum atomic E-state index is 6.77. The summed E-state index contributed by atoms with van der Waals surface area (Å²) in [6.07, 6.45) is 0. The zero-order valence-electron chi connectivity index (χ0n) is 25.6. The van der Waals surface area contributed by atoms with Crippen molar-refractivity contribution in [3.05, 3.63) is 170 Å². The average Bonchev–Trinajstić information content (AvgIpc) is 3.50. The third-order valence-electron chi connectivity index (χ3n) is 9.82. The molecule has 9 aromatic carbocycles. The summed E-state index contributed by atoms with van der Waals surface area (Å²) in [4.78, 5) is 0. The zero-order valence-corrected chi connectivity index (χ0v) is 25.6. The third kappa shape index (κ3) is 3.97. The van der Waals surface area contributed by atoms with Crippen LogP contribution in [0.4, 0.5) is 0 Å². The second kappa shape index (κ2) is 10.2. The molecule has 0 fully saturated rings. The van der Waals surface area contributed by atoms with Gasteiger partial charge in [-0.05, 0) is 83.5 Å². The summed E-state index contributed by atoms with van der Waals surface area (Å²) < 4.78 is 6.77. The van der Waals surface area contributed by atoms with Crippen molar-refractivity contribution in [2.75, 3.05) is 0 Å². The predicted octanol–water partition coefficient (Wildman–Crippen LogP) is 13.2. The first kappa shape index (κ1) is 26.1. The standard InChI is InChI=1S/C46H28O/c1-2-13-30-26-33(25-24-29(30)12-1)34-16-5-6-17-35(34)44-36-18-7-9-20-38(36)45(39-21-10-8-19-37(39)44)41-23-11-22-40-42-27-31-14-3-4-15-32(31)28-43(42)47-46(40)41/h1-28H. The molecule has 0 bridgehead atoms. The predicted molar refractivity (Wildman–Crippen MR) is 200 cm³/mol. The lowest BCUT2D eigenvalue weighted by molar-refractivity contribution is 0.670. The fourth-order valence-corrected chi connectivity index (χ4v) is 7.70. The van der Waals surface area contributed by atoms with Gasteiger partial charge in [-0.2, -0.15) is 0 Å². The largest absolute Gasteiger partial charge is 0.455 e. The molecule has 0 aliphatic heterocycles. The van der Waals surface area contributed by atoms with Crippen molar-refractivity contribution in [1.82, 2.24) is 0 Å². The van der Waals surface area contributed by atoms with E-state index in [1.165, 1.54) is 70.9 Å². The number of rotatable bonds is 3. The first-order chi connectivity index (χ1) is 23.3. The van der Waals surface area contributed by atoms with Gasteiger partial charge in [0.1, 0.15) is 11.2 Å². The lowest BCUT2D eigenvalue weighted by Crippen LogP contribution is -1.93. The molecule has 0 saturated carbocycles. The number of furan rings is 1. The first-order valence-corrected chi connectivity index (χ1v) is 16.2. The van der Waals surface area contributed by atoms with Gasteiger partial charge in [-0.3, -0.25) is 0 Å². The molecule has 0 spiro atoms. The molecular weight excluding hydrogens is 569 g/mol. The van der Waals surface area contributed by atoms with Crippen molar-refractivity contribution in [1.29, 1.82) is 0 Å². The van der Waals surface area contributed by atoms with Crippen LogP contribution >= 0.6 is 0 Å². The molecule has 0 atom stereocenters. The van der Waals surface area contributed by atoms with E-state index in [0.717, 1.165) is 27.5 Å². The molecule has 218 valence electrons. The summed E-state index contributed by atoms with van der Waals surface area (Å²) in [7, 11) is 0. The number of benzene rings is 9. The van der Waals surface area contributed by atoms with Gasteiger partial charge in [0.15, 0.2) is 0 Å². The minimum Gasteiger partial charge on any atom is -0.455 e. The Balaban J connectivity index is 1.29. The molecule has 0 amide bonds. The fraction of sp³-hybridized carbons (Fsp3) is 0. The Kier molecular flexibility index (Phi) is 5.64. The highest BCUT2D eigenvalue weighted by atomic mass is 16.3. The summed E-state index contributed by atoms with van der Waals surface area (Å²) >= 11 is 0. The van der Waals surface area contributed by atoms with E-state index in [0.29, 0.717) is 0 Å². The van der Waals surface area contributed by atoms with Crippen molar-refractivity contribution in [3.8, 4) is 33.4 Å². The molecule has 1 aromatic heterocycles. The van der Waals surface area contributed by atoms with E-state index in [1.54, 1.807) is 0 Å². The summed E-state index contributed by atoms with van der Waals surface area (Å²) in [6.45, 7) is 0. The van der Waals surface area contributed by atoms with Crippen molar-refractivity contribution < 1.29 is 4.42 Å². The van der Waals surface area contributed by atoms with E-state index in [-0.39, 0.29) is 0 Å². The van der Waals surface area contributed by atoms with Crippen LogP contribution < -0.4 is 0 Å². The number of hydrogen-bond donors (Lipinski definition) is 0. The molecule has 0 N–H and O–H groups in total. The van der Waals surface area contributed by atoms with Crippen LogP contribution in [-0.2, 0) is 0 Å². The number of para-hydroxylation sites is 1. The molecule has 47 heavy (non-hydrogen) atoms. The van der Waals surface area contributed by atoms with Crippen molar-refractivity contribution >= 4 is 65.0 Å². The molecule has 0 unspecified atom stereocenters. The first-order valence-electron chi connectivity index (χ1n) is 16.2. The topological polar surface area (TPSA) is 13.1 Å². The molecule has 10 aromatic rings. The molecule has 0 radical (unpaired) electrons. The Morgan fingerprint density at radius 3 is 1.47 bits per heavy atom. The van der Waals surface area contributed by atoms with Gasteiger partial charge in [-0.25, -0.2) is 0 Å². The van der Waals surface area contributed by atoms with Gasteiger partial charge >= 0.3 is 0 Å². The second-order valence-electron chi connectivity index (χ2n) is 12.4. The van der Waals surface area contributed by atoms with Crippen LogP contribution in [0.25, 0.3) is 98.4 Å². The van der Waals surface area contributed by atoms with E-state index < -0.39 is 0 Å². The number of fused-ring (bicyclic) bond motifs is 7. The Labute approximate surface area is 271 Å². The Morgan fingerprint density at radius 1 is 0.298 bits per heavy atom. The third-order valence-corrected chi connectivity index (χ3v) is 9.82. The van der Waals surface area contributed by atoms with Crippen LogP contribution in [-0.4, -0.2) is 0 Å². The molecule has 0 aliphatic rings. The van der Waals surface area contributed by atoms with Gasteiger partial charge in [-0.1, -0.05) is 152 Å². The zero-order chi connectivity index (χ0) is 30.9. The molecule has 10 rings (SSSR count). The highest BCUT2D eigenvalue weighted by Crippen LogP contribution is 2.48. The normalized spacial score (nSPS) is 11.8. The Morgan fingerprint density at radius 2 is 0.787 bits per heavy atom. The van der Waals surface area contributed by atoms with Crippen LogP contribution in [0, 0.1) is 0 Å². The Bertz CT molecular complexity index is 2800. The smallest absolute Gasteiger partial charge is 0.143 e. The average molecular weight is 597 g/mol. The highest BCUT2D eigenvalue weighted by Gasteiger charge is 2.21. The van der Waals surface area contributed by atoms with Gasteiger partial charge in [0.2, 0.25) is 0 Å². The van der Waals surface area contributed by atoms with E-state index in [4.69, 9.17) is 4.42 Å². The van der Waals surface area contributed by atoms with E-state index in [9.17, 15) is 0 Å². The van der Waals surface area contributed by atoms with Gasteiger partial charge < -0.3 is 4.42 Å². The van der Waals surface area contributed by atoms with E-state index in [2.05, 4.69) is 170 Å². The summed E-state index contributed by atoms with van der Waals surface area (Å²) in [6, 6.07) is 61.5. The second-order valence-corrected chi connectivity index (χ2v) is 12.4. The van der Waals surface area contributed by atoms with E-state index in [1.807, 2.05) is 0 Å². The van der Waals surface area contributed by atoms with E-state index >= 15 is 0 Å². The monoisotopic (exact) mass is 596 g/mol. The molecule has 1 heteroatoms. The molecule has 1 heterocycles. The quantitative estimate of drug-likeness (QED) is 0.185. The molecule has 1 nitrogen and oxygen atoms in total.